The van der Waals surface area contributed by atoms with Crippen molar-refractivity contribution in [3.8, 4) is 5.75 Å². The molecule has 0 fully saturated rings. The number of ether oxygens (including phenoxy) is 1. The van der Waals surface area contributed by atoms with Crippen molar-refractivity contribution in [2.75, 3.05) is 6.61 Å². The summed E-state index contributed by atoms with van der Waals surface area (Å²) in [6.45, 7) is -3.51. The van der Waals surface area contributed by atoms with Crippen LogP contribution >= 0.6 is 0 Å². The number of rotatable bonds is 4. The minimum atomic E-state index is -5.27. The molecule has 0 heterocycles. The van der Waals surface area contributed by atoms with Crippen molar-refractivity contribution in [3.05, 3.63) is 36.2 Å². The molecule has 1 aromatic rings. The molecule has 0 aromatic heterocycles. The van der Waals surface area contributed by atoms with Gasteiger partial charge in [-0.1, -0.05) is 17.6 Å². The van der Waals surface area contributed by atoms with Crippen molar-refractivity contribution >= 4 is 12.4 Å². The Bertz CT molecular complexity index is 392. The van der Waals surface area contributed by atoms with Crippen molar-refractivity contribution in [2.45, 2.75) is 6.92 Å². The Morgan fingerprint density at radius 3 is 2.47 bits per heavy atom. The molecule has 0 aliphatic rings. The van der Waals surface area contributed by atoms with Crippen molar-refractivity contribution in [2.24, 2.45) is 0 Å². The molecule has 1 nitrogen and oxygen atoms in total. The number of allylic oxidation sites excluding steroid dienone is 1. The minimum Gasteiger partial charge on any atom is -0.493 e. The summed E-state index contributed by atoms with van der Waals surface area (Å²) in [7, 11) is 0. The molecule has 0 amide bonds. The van der Waals surface area contributed by atoms with Gasteiger partial charge in [-0.05, 0) is 25.1 Å². The van der Waals surface area contributed by atoms with E-state index >= 15 is 0 Å². The summed E-state index contributed by atoms with van der Waals surface area (Å²) in [4.78, 5) is 0. The number of hydrogen-bond donors (Lipinski definition) is 0. The third-order valence-corrected chi connectivity index (χ3v) is 1.90. The molecular weight excluding hydrogens is 262 g/mol. The van der Waals surface area contributed by atoms with Gasteiger partial charge < -0.3 is 17.7 Å². The van der Waals surface area contributed by atoms with E-state index < -0.39 is 18.3 Å². The molecule has 7 heteroatoms. The molecule has 0 radical (unpaired) electrons. The zero-order valence-electron chi connectivity index (χ0n) is 9.59. The van der Waals surface area contributed by atoms with Crippen molar-refractivity contribution in [1.29, 1.82) is 0 Å². The van der Waals surface area contributed by atoms with E-state index in [1.54, 1.807) is 19.1 Å². The number of benzene rings is 1. The summed E-state index contributed by atoms with van der Waals surface area (Å²) < 4.78 is 55.2. The molecule has 0 atom stereocenters. The van der Waals surface area contributed by atoms with E-state index in [2.05, 4.69) is 0 Å². The topological polar surface area (TPSA) is 9.23 Å². The Labute approximate surface area is 140 Å². The molecule has 0 saturated carbocycles. The van der Waals surface area contributed by atoms with Gasteiger partial charge in [-0.2, -0.15) is 0 Å². The Hall–Kier alpha value is 0.181. The van der Waals surface area contributed by atoms with Crippen LogP contribution in [-0.4, -0.2) is 13.6 Å². The summed E-state index contributed by atoms with van der Waals surface area (Å²) in [6, 6.07) is 2.38. The van der Waals surface area contributed by atoms with Crippen molar-refractivity contribution in [1.82, 2.24) is 0 Å². The Morgan fingerprint density at radius 1 is 1.29 bits per heavy atom. The molecule has 0 unspecified atom stereocenters. The summed E-state index contributed by atoms with van der Waals surface area (Å²) in [5.74, 6) is -1.26. The molecule has 0 spiro atoms. The van der Waals surface area contributed by atoms with Gasteiger partial charge in [0.2, 0.25) is 0 Å². The zero-order valence-corrected chi connectivity index (χ0v) is 12.7. The van der Waals surface area contributed by atoms with Gasteiger partial charge in [-0.3, -0.25) is 0 Å². The first kappa shape index (κ1) is 17.2. The molecule has 0 saturated heterocycles. The fraction of sp³-hybridized carbons (Fsp3) is 0.200. The van der Waals surface area contributed by atoms with Crippen LogP contribution in [0.4, 0.5) is 17.3 Å². The monoisotopic (exact) mass is 272 g/mol. The normalized spacial score (nSPS) is 11.4. The number of halogens is 4. The third-order valence-electron chi connectivity index (χ3n) is 1.90. The molecular formula is C10H10BF4KO. The zero-order chi connectivity index (χ0) is 12.2. The Morgan fingerprint density at radius 2 is 1.94 bits per heavy atom. The van der Waals surface area contributed by atoms with E-state index in [4.69, 9.17) is 4.74 Å². The Kier molecular flexibility index (Phi) is 7.66. The van der Waals surface area contributed by atoms with Gasteiger partial charge in [0.1, 0.15) is 12.4 Å². The second-order valence-corrected chi connectivity index (χ2v) is 3.14. The first-order valence-corrected chi connectivity index (χ1v) is 4.68. The van der Waals surface area contributed by atoms with Crippen LogP contribution in [0.1, 0.15) is 6.92 Å². The van der Waals surface area contributed by atoms with Gasteiger partial charge in [0.15, 0.2) is 0 Å². The molecule has 1 rings (SSSR count). The number of hydrogen-bond acceptors (Lipinski definition) is 1. The smallest absolute Gasteiger partial charge is 0.493 e. The average Bonchev–Trinajstić information content (AvgIpc) is 2.19. The minimum absolute atomic E-state index is 0. The van der Waals surface area contributed by atoms with E-state index in [-0.39, 0.29) is 63.7 Å². The van der Waals surface area contributed by atoms with E-state index in [0.29, 0.717) is 6.07 Å². The van der Waals surface area contributed by atoms with E-state index in [9.17, 15) is 17.3 Å². The molecule has 0 bridgehead atoms. The predicted octanol–water partition coefficient (Wildman–Crippen LogP) is -0.161. The maximum Gasteiger partial charge on any atom is 1.00 e. The van der Waals surface area contributed by atoms with Crippen LogP contribution in [0.5, 0.6) is 5.75 Å². The standard InChI is InChI=1S/C10H10BF4O.K/c1-2-3-6-16-10-5-4-8(12)7-9(10)11(13,14)15;/h2-5,7H,6H2,1H3;/q-1;+1. The fourth-order valence-electron chi connectivity index (χ4n) is 1.14. The van der Waals surface area contributed by atoms with Crippen LogP contribution in [0.15, 0.2) is 30.4 Å². The van der Waals surface area contributed by atoms with E-state index in [1.165, 1.54) is 0 Å². The molecule has 0 aliphatic heterocycles. The molecule has 0 N–H and O–H groups in total. The molecule has 0 aliphatic carbocycles. The van der Waals surface area contributed by atoms with Gasteiger partial charge >= 0.3 is 58.4 Å². The first-order valence-electron chi connectivity index (χ1n) is 4.68. The largest absolute Gasteiger partial charge is 1.00 e. The van der Waals surface area contributed by atoms with Crippen LogP contribution < -0.4 is 61.6 Å². The van der Waals surface area contributed by atoms with Crippen molar-refractivity contribution in [3.63, 3.8) is 0 Å². The van der Waals surface area contributed by atoms with E-state index in [0.717, 1.165) is 12.1 Å². The summed E-state index contributed by atoms with van der Waals surface area (Å²) >= 11 is 0. The predicted molar refractivity (Wildman–Crippen MR) is 55.4 cm³/mol. The SMILES string of the molecule is CC=CCOc1ccc(F)cc1[B-](F)(F)F.[K+]. The quantitative estimate of drug-likeness (QED) is 0.420. The second kappa shape index (κ2) is 7.58. The summed E-state index contributed by atoms with van der Waals surface area (Å²) in [5.41, 5.74) is -1.04. The van der Waals surface area contributed by atoms with E-state index in [1.807, 2.05) is 0 Å². The van der Waals surface area contributed by atoms with Gasteiger partial charge in [0.05, 0.1) is 5.75 Å². The van der Waals surface area contributed by atoms with Gasteiger partial charge in [0, 0.05) is 0 Å². The first-order chi connectivity index (χ1) is 7.45. The van der Waals surface area contributed by atoms with Crippen LogP contribution in [0.3, 0.4) is 0 Å². The van der Waals surface area contributed by atoms with Gasteiger partial charge in [-0.25, -0.2) is 4.39 Å². The average molecular weight is 272 g/mol. The molecule has 88 valence electrons. The summed E-state index contributed by atoms with van der Waals surface area (Å²) in [5, 5.41) is 0. The van der Waals surface area contributed by atoms with Gasteiger partial charge in [0.25, 0.3) is 0 Å². The Balaban J connectivity index is 0.00000256. The fourth-order valence-corrected chi connectivity index (χ4v) is 1.14. The van der Waals surface area contributed by atoms with Crippen LogP contribution in [0.2, 0.25) is 0 Å². The van der Waals surface area contributed by atoms with Crippen LogP contribution in [-0.2, 0) is 0 Å². The summed E-state index contributed by atoms with van der Waals surface area (Å²) in [6.07, 6.45) is 3.22. The second-order valence-electron chi connectivity index (χ2n) is 3.14. The maximum absolute atomic E-state index is 12.7. The molecule has 1 aromatic carbocycles. The van der Waals surface area contributed by atoms with Gasteiger partial charge in [-0.15, -0.1) is 0 Å². The maximum atomic E-state index is 12.7. The van der Waals surface area contributed by atoms with Crippen LogP contribution in [0.25, 0.3) is 0 Å². The van der Waals surface area contributed by atoms with Crippen molar-refractivity contribution < 1.29 is 73.5 Å². The van der Waals surface area contributed by atoms with Crippen LogP contribution in [0, 0.1) is 5.82 Å². The molecule has 17 heavy (non-hydrogen) atoms. The third kappa shape index (κ3) is 5.57.